The van der Waals surface area contributed by atoms with Crippen molar-refractivity contribution in [3.8, 4) is 0 Å². The van der Waals surface area contributed by atoms with Gasteiger partial charge < -0.3 is 5.32 Å². The minimum atomic E-state index is -0.428. The van der Waals surface area contributed by atoms with Gasteiger partial charge in [0.1, 0.15) is 0 Å². The molecule has 1 aromatic heterocycles. The third-order valence-electron chi connectivity index (χ3n) is 1.95. The Kier molecular flexibility index (Phi) is 2.37. The molecule has 1 aliphatic carbocycles. The minimum absolute atomic E-state index is 0.0197. The third-order valence-corrected chi connectivity index (χ3v) is 2.38. The lowest BCUT2D eigenvalue weighted by Crippen LogP contribution is -2.06. The highest BCUT2D eigenvalue weighted by Crippen LogP contribution is 2.30. The van der Waals surface area contributed by atoms with E-state index in [1.165, 1.54) is 6.07 Å². The Morgan fingerprint density at radius 2 is 2.36 bits per heavy atom. The van der Waals surface area contributed by atoms with E-state index in [0.29, 0.717) is 16.3 Å². The van der Waals surface area contributed by atoms with Gasteiger partial charge in [-0.3, -0.25) is 10.1 Å². The van der Waals surface area contributed by atoms with E-state index in [4.69, 9.17) is 0 Å². The molecule has 5 nitrogen and oxygen atoms in total. The number of aromatic nitrogens is 1. The molecule has 1 saturated carbocycles. The molecule has 14 heavy (non-hydrogen) atoms. The van der Waals surface area contributed by atoms with Crippen LogP contribution in [0.5, 0.6) is 0 Å². The molecule has 1 N–H and O–H groups in total. The fraction of sp³-hybridized carbons (Fsp3) is 0.375. The van der Waals surface area contributed by atoms with Gasteiger partial charge >= 0.3 is 5.69 Å². The Morgan fingerprint density at radius 1 is 1.64 bits per heavy atom. The van der Waals surface area contributed by atoms with Crippen molar-refractivity contribution in [1.82, 2.24) is 4.98 Å². The number of nitro groups is 1. The van der Waals surface area contributed by atoms with Crippen molar-refractivity contribution in [1.29, 1.82) is 0 Å². The monoisotopic (exact) mass is 257 g/mol. The number of hydrogen-bond acceptors (Lipinski definition) is 4. The summed E-state index contributed by atoms with van der Waals surface area (Å²) in [5.74, 6) is 0.362. The summed E-state index contributed by atoms with van der Waals surface area (Å²) < 4.78 is 0.616. The maximum absolute atomic E-state index is 10.7. The second-order valence-electron chi connectivity index (χ2n) is 3.20. The molecule has 0 atom stereocenters. The lowest BCUT2D eigenvalue weighted by molar-refractivity contribution is -0.384. The molecular weight excluding hydrogens is 250 g/mol. The number of nitrogens with zero attached hydrogens (tertiary/aromatic N) is 2. The van der Waals surface area contributed by atoms with Gasteiger partial charge in [0.2, 0.25) is 5.82 Å². The normalized spacial score (nSPS) is 15.2. The summed E-state index contributed by atoms with van der Waals surface area (Å²) in [5.41, 5.74) is 0.0197. The number of halogens is 1. The third kappa shape index (κ3) is 2.01. The van der Waals surface area contributed by atoms with Gasteiger partial charge in [0, 0.05) is 22.8 Å². The zero-order valence-electron chi connectivity index (χ0n) is 7.24. The number of hydrogen-bond donors (Lipinski definition) is 1. The van der Waals surface area contributed by atoms with E-state index >= 15 is 0 Å². The SMILES string of the molecule is O=[N+]([O-])c1cc(Br)cnc1NC1CC1. The highest BCUT2D eigenvalue weighted by atomic mass is 79.9. The molecule has 2 rings (SSSR count). The Labute approximate surface area is 88.8 Å². The molecular formula is C8H8BrN3O2. The zero-order valence-corrected chi connectivity index (χ0v) is 8.82. The molecule has 0 unspecified atom stereocenters. The second kappa shape index (κ2) is 3.53. The fourth-order valence-electron chi connectivity index (χ4n) is 1.10. The lowest BCUT2D eigenvalue weighted by Gasteiger charge is -2.03. The zero-order chi connectivity index (χ0) is 10.1. The Bertz CT molecular complexity index is 379. The van der Waals surface area contributed by atoms with Crippen LogP contribution in [0.15, 0.2) is 16.7 Å². The van der Waals surface area contributed by atoms with Crippen LogP contribution < -0.4 is 5.32 Å². The molecule has 0 radical (unpaired) electrons. The van der Waals surface area contributed by atoms with Crippen LogP contribution in [0.1, 0.15) is 12.8 Å². The van der Waals surface area contributed by atoms with Crippen molar-refractivity contribution >= 4 is 27.4 Å². The maximum Gasteiger partial charge on any atom is 0.312 e. The molecule has 1 aromatic rings. The van der Waals surface area contributed by atoms with Crippen LogP contribution in [-0.4, -0.2) is 15.9 Å². The van der Waals surface area contributed by atoms with Gasteiger partial charge in [-0.1, -0.05) is 0 Å². The second-order valence-corrected chi connectivity index (χ2v) is 4.11. The maximum atomic E-state index is 10.7. The fourth-order valence-corrected chi connectivity index (χ4v) is 1.42. The molecule has 0 saturated heterocycles. The minimum Gasteiger partial charge on any atom is -0.362 e. The number of anilines is 1. The van der Waals surface area contributed by atoms with E-state index in [2.05, 4.69) is 26.2 Å². The number of nitrogens with one attached hydrogen (secondary N) is 1. The van der Waals surface area contributed by atoms with Gasteiger partial charge in [0.05, 0.1) is 4.92 Å². The number of rotatable bonds is 3. The van der Waals surface area contributed by atoms with Gasteiger partial charge in [-0.05, 0) is 28.8 Å². The standard InChI is InChI=1S/C8H8BrN3O2/c9-5-3-7(12(13)14)8(10-4-5)11-6-1-2-6/h3-4,6H,1-2H2,(H,10,11). The van der Waals surface area contributed by atoms with Crippen molar-refractivity contribution < 1.29 is 4.92 Å². The molecule has 6 heteroatoms. The number of pyridine rings is 1. The van der Waals surface area contributed by atoms with Crippen LogP contribution in [-0.2, 0) is 0 Å². The van der Waals surface area contributed by atoms with Gasteiger partial charge in [0.25, 0.3) is 0 Å². The molecule has 74 valence electrons. The summed E-state index contributed by atoms with van der Waals surface area (Å²) in [5, 5.41) is 13.7. The molecule has 0 bridgehead atoms. The quantitative estimate of drug-likeness (QED) is 0.667. The topological polar surface area (TPSA) is 68.1 Å². The van der Waals surface area contributed by atoms with Crippen molar-refractivity contribution in [2.45, 2.75) is 18.9 Å². The van der Waals surface area contributed by atoms with E-state index < -0.39 is 4.92 Å². The molecule has 0 amide bonds. The van der Waals surface area contributed by atoms with Crippen LogP contribution in [0.3, 0.4) is 0 Å². The summed E-state index contributed by atoms with van der Waals surface area (Å²) in [6, 6.07) is 1.82. The summed E-state index contributed by atoms with van der Waals surface area (Å²) in [7, 11) is 0. The van der Waals surface area contributed by atoms with Crippen molar-refractivity contribution in [3.05, 3.63) is 26.9 Å². The highest BCUT2D eigenvalue weighted by Gasteiger charge is 2.25. The first-order valence-electron chi connectivity index (χ1n) is 4.23. The first kappa shape index (κ1) is 9.39. The van der Waals surface area contributed by atoms with Gasteiger partial charge in [0.15, 0.2) is 0 Å². The average Bonchev–Trinajstić information content (AvgIpc) is 2.91. The van der Waals surface area contributed by atoms with Crippen LogP contribution >= 0.6 is 15.9 Å². The van der Waals surface area contributed by atoms with E-state index in [0.717, 1.165) is 12.8 Å². The molecule has 0 aromatic carbocycles. The Balaban J connectivity index is 2.31. The smallest absolute Gasteiger partial charge is 0.312 e. The molecule has 0 aliphatic heterocycles. The van der Waals surface area contributed by atoms with E-state index in [1.807, 2.05) is 0 Å². The molecule has 1 aliphatic rings. The average molecular weight is 258 g/mol. The molecule has 1 fully saturated rings. The van der Waals surface area contributed by atoms with Crippen LogP contribution in [0.2, 0.25) is 0 Å². The van der Waals surface area contributed by atoms with Gasteiger partial charge in [-0.2, -0.15) is 0 Å². The van der Waals surface area contributed by atoms with Crippen LogP contribution in [0.25, 0.3) is 0 Å². The van der Waals surface area contributed by atoms with Crippen molar-refractivity contribution in [2.75, 3.05) is 5.32 Å². The highest BCUT2D eigenvalue weighted by molar-refractivity contribution is 9.10. The Hall–Kier alpha value is -1.17. The Morgan fingerprint density at radius 3 is 2.93 bits per heavy atom. The first-order valence-corrected chi connectivity index (χ1v) is 5.02. The summed E-state index contributed by atoms with van der Waals surface area (Å²) >= 11 is 3.15. The summed E-state index contributed by atoms with van der Waals surface area (Å²) in [4.78, 5) is 14.2. The van der Waals surface area contributed by atoms with Crippen molar-refractivity contribution in [3.63, 3.8) is 0 Å². The van der Waals surface area contributed by atoms with E-state index in [1.54, 1.807) is 6.20 Å². The summed E-state index contributed by atoms with van der Waals surface area (Å²) in [6.07, 6.45) is 3.68. The summed E-state index contributed by atoms with van der Waals surface area (Å²) in [6.45, 7) is 0. The van der Waals surface area contributed by atoms with E-state index in [-0.39, 0.29) is 5.69 Å². The molecule has 1 heterocycles. The first-order chi connectivity index (χ1) is 6.66. The van der Waals surface area contributed by atoms with Crippen molar-refractivity contribution in [2.24, 2.45) is 0 Å². The van der Waals surface area contributed by atoms with E-state index in [9.17, 15) is 10.1 Å². The van der Waals surface area contributed by atoms with Crippen LogP contribution in [0.4, 0.5) is 11.5 Å². The van der Waals surface area contributed by atoms with Gasteiger partial charge in [-0.25, -0.2) is 4.98 Å². The predicted molar refractivity (Wildman–Crippen MR) is 55.2 cm³/mol. The largest absolute Gasteiger partial charge is 0.362 e. The lowest BCUT2D eigenvalue weighted by atomic mass is 10.4. The van der Waals surface area contributed by atoms with Crippen LogP contribution in [0, 0.1) is 10.1 Å². The predicted octanol–water partition coefficient (Wildman–Crippen LogP) is 2.33. The molecule has 0 spiro atoms. The van der Waals surface area contributed by atoms with Gasteiger partial charge in [-0.15, -0.1) is 0 Å².